The molecule has 190 valence electrons. The monoisotopic (exact) mass is 499 g/mol. The standard InChI is InChI=1S/C30H29NO6/c1-4-24(31-30(34)35-18-22-13-9-6-10-14-22)29(33)37-26-16-19(2)15-25-27(26)20(3)23(28(32)36-25)17-21-11-7-5-8-12-21/h5-16,24H,4,17-18H2,1-3H3,(H,31,34)/t24-/m1/s1. The number of amides is 1. The second kappa shape index (κ2) is 11.6. The van der Waals surface area contributed by atoms with Crippen molar-refractivity contribution in [3.05, 3.63) is 111 Å². The predicted molar refractivity (Wildman–Crippen MR) is 141 cm³/mol. The van der Waals surface area contributed by atoms with Gasteiger partial charge in [-0.1, -0.05) is 67.6 Å². The molecule has 0 aliphatic heterocycles. The van der Waals surface area contributed by atoms with Crippen LogP contribution in [0.5, 0.6) is 5.75 Å². The Morgan fingerprint density at radius 2 is 1.59 bits per heavy atom. The van der Waals surface area contributed by atoms with Crippen LogP contribution in [0.25, 0.3) is 11.0 Å². The maximum Gasteiger partial charge on any atom is 0.408 e. The maximum absolute atomic E-state index is 13.1. The van der Waals surface area contributed by atoms with Gasteiger partial charge in [-0.05, 0) is 54.7 Å². The van der Waals surface area contributed by atoms with Crippen molar-refractivity contribution < 1.29 is 23.5 Å². The lowest BCUT2D eigenvalue weighted by molar-refractivity contribution is -0.136. The largest absolute Gasteiger partial charge is 0.445 e. The van der Waals surface area contributed by atoms with E-state index in [0.717, 1.165) is 16.7 Å². The quantitative estimate of drug-likeness (QED) is 0.192. The van der Waals surface area contributed by atoms with Gasteiger partial charge in [-0.3, -0.25) is 0 Å². The minimum atomic E-state index is -0.918. The molecule has 7 heteroatoms. The van der Waals surface area contributed by atoms with E-state index in [2.05, 4.69) is 5.32 Å². The lowest BCUT2D eigenvalue weighted by Gasteiger charge is -2.18. The van der Waals surface area contributed by atoms with Gasteiger partial charge in [-0.25, -0.2) is 14.4 Å². The summed E-state index contributed by atoms with van der Waals surface area (Å²) in [5, 5.41) is 3.13. The molecule has 1 atom stereocenters. The van der Waals surface area contributed by atoms with Gasteiger partial charge in [0.15, 0.2) is 0 Å². The summed E-state index contributed by atoms with van der Waals surface area (Å²) in [7, 11) is 0. The normalized spacial score (nSPS) is 11.6. The molecule has 1 amide bonds. The maximum atomic E-state index is 13.1. The first-order valence-electron chi connectivity index (χ1n) is 12.2. The zero-order valence-electron chi connectivity index (χ0n) is 21.1. The van der Waals surface area contributed by atoms with Crippen molar-refractivity contribution in [2.45, 2.75) is 46.3 Å². The van der Waals surface area contributed by atoms with Crippen LogP contribution in [0.15, 0.2) is 82.0 Å². The molecule has 1 N–H and O–H groups in total. The van der Waals surface area contributed by atoms with E-state index in [1.54, 1.807) is 19.1 Å². The average Bonchev–Trinajstić information content (AvgIpc) is 2.89. The molecule has 0 unspecified atom stereocenters. The summed E-state index contributed by atoms with van der Waals surface area (Å²) >= 11 is 0. The summed E-state index contributed by atoms with van der Waals surface area (Å²) in [4.78, 5) is 38.2. The zero-order chi connectivity index (χ0) is 26.4. The van der Waals surface area contributed by atoms with Crippen molar-refractivity contribution in [1.82, 2.24) is 5.32 Å². The number of benzene rings is 3. The molecular weight excluding hydrogens is 470 g/mol. The molecule has 37 heavy (non-hydrogen) atoms. The molecule has 1 heterocycles. The Bertz CT molecular complexity index is 1460. The Hall–Kier alpha value is -4.39. The third-order valence-electron chi connectivity index (χ3n) is 6.12. The topological polar surface area (TPSA) is 94.8 Å². The highest BCUT2D eigenvalue weighted by Crippen LogP contribution is 2.32. The first-order valence-corrected chi connectivity index (χ1v) is 12.2. The number of aryl methyl sites for hydroxylation is 2. The number of hydrogen-bond donors (Lipinski definition) is 1. The SMILES string of the molecule is CC[C@@H](NC(=O)OCc1ccccc1)C(=O)Oc1cc(C)cc2oc(=O)c(Cc3ccccc3)c(C)c12. The highest BCUT2D eigenvalue weighted by Gasteiger charge is 2.24. The minimum absolute atomic E-state index is 0.0864. The van der Waals surface area contributed by atoms with Crippen LogP contribution in [0, 0.1) is 13.8 Å². The Balaban J connectivity index is 1.56. The van der Waals surface area contributed by atoms with Gasteiger partial charge >= 0.3 is 17.7 Å². The number of carbonyl (C=O) groups excluding carboxylic acids is 2. The van der Waals surface area contributed by atoms with Crippen LogP contribution in [-0.4, -0.2) is 18.1 Å². The number of rotatable bonds is 8. The third-order valence-corrected chi connectivity index (χ3v) is 6.12. The number of alkyl carbamates (subject to hydrolysis) is 1. The van der Waals surface area contributed by atoms with Crippen molar-refractivity contribution in [2.24, 2.45) is 0 Å². The van der Waals surface area contributed by atoms with E-state index in [0.29, 0.717) is 34.9 Å². The van der Waals surface area contributed by atoms with Crippen LogP contribution in [0.4, 0.5) is 4.79 Å². The van der Waals surface area contributed by atoms with Crippen molar-refractivity contribution in [1.29, 1.82) is 0 Å². The third kappa shape index (κ3) is 6.25. The van der Waals surface area contributed by atoms with Gasteiger partial charge in [0.1, 0.15) is 24.0 Å². The lowest BCUT2D eigenvalue weighted by atomic mass is 9.98. The predicted octanol–water partition coefficient (Wildman–Crippen LogP) is 5.61. The summed E-state index contributed by atoms with van der Waals surface area (Å²) in [5.74, 6) is -0.366. The second-order valence-electron chi connectivity index (χ2n) is 8.88. The fraction of sp³-hybridized carbons (Fsp3) is 0.233. The van der Waals surface area contributed by atoms with E-state index in [-0.39, 0.29) is 12.4 Å². The molecule has 3 aromatic carbocycles. The van der Waals surface area contributed by atoms with E-state index in [4.69, 9.17) is 13.9 Å². The van der Waals surface area contributed by atoms with Gasteiger partial charge in [0.2, 0.25) is 0 Å². The number of nitrogens with one attached hydrogen (secondary N) is 1. The smallest absolute Gasteiger partial charge is 0.408 e. The van der Waals surface area contributed by atoms with Gasteiger partial charge in [-0.15, -0.1) is 0 Å². The second-order valence-corrected chi connectivity index (χ2v) is 8.88. The highest BCUT2D eigenvalue weighted by atomic mass is 16.6. The van der Waals surface area contributed by atoms with Gasteiger partial charge in [0.05, 0.1) is 5.39 Å². The van der Waals surface area contributed by atoms with Crippen LogP contribution >= 0.6 is 0 Å². The Kier molecular flexibility index (Phi) is 8.03. The summed E-state index contributed by atoms with van der Waals surface area (Å²) in [6.45, 7) is 5.49. The molecule has 0 spiro atoms. The Labute approximate surface area is 215 Å². The Morgan fingerprint density at radius 1 is 0.946 bits per heavy atom. The fourth-order valence-electron chi connectivity index (χ4n) is 4.14. The van der Waals surface area contributed by atoms with E-state index in [9.17, 15) is 14.4 Å². The number of hydrogen-bond acceptors (Lipinski definition) is 6. The molecule has 0 radical (unpaired) electrons. The number of fused-ring (bicyclic) bond motifs is 1. The summed E-state index contributed by atoms with van der Waals surface area (Å²) in [6, 6.07) is 21.4. The van der Waals surface area contributed by atoms with E-state index in [1.165, 1.54) is 0 Å². The number of carbonyl (C=O) groups is 2. The van der Waals surface area contributed by atoms with Gasteiger partial charge in [-0.2, -0.15) is 0 Å². The van der Waals surface area contributed by atoms with Gasteiger partial charge in [0.25, 0.3) is 0 Å². The van der Waals surface area contributed by atoms with Gasteiger partial charge in [0, 0.05) is 12.0 Å². The molecule has 0 bridgehead atoms. The molecule has 4 rings (SSSR count). The van der Waals surface area contributed by atoms with Crippen molar-refractivity contribution in [3.8, 4) is 5.75 Å². The van der Waals surface area contributed by atoms with Crippen LogP contribution in [-0.2, 0) is 22.6 Å². The summed E-state index contributed by atoms with van der Waals surface area (Å²) < 4.78 is 16.7. The summed E-state index contributed by atoms with van der Waals surface area (Å²) in [6.07, 6.45) is -0.0244. The first kappa shape index (κ1) is 25.7. The highest BCUT2D eigenvalue weighted by molar-refractivity contribution is 5.92. The van der Waals surface area contributed by atoms with Crippen molar-refractivity contribution >= 4 is 23.0 Å². The van der Waals surface area contributed by atoms with E-state index >= 15 is 0 Å². The van der Waals surface area contributed by atoms with Crippen LogP contribution in [0.2, 0.25) is 0 Å². The Morgan fingerprint density at radius 3 is 2.24 bits per heavy atom. The average molecular weight is 500 g/mol. The molecular formula is C30H29NO6. The molecule has 0 saturated carbocycles. The molecule has 0 aliphatic carbocycles. The molecule has 7 nitrogen and oxygen atoms in total. The van der Waals surface area contributed by atoms with Crippen molar-refractivity contribution in [3.63, 3.8) is 0 Å². The zero-order valence-corrected chi connectivity index (χ0v) is 21.1. The minimum Gasteiger partial charge on any atom is -0.445 e. The van der Waals surface area contributed by atoms with Crippen LogP contribution in [0.3, 0.4) is 0 Å². The van der Waals surface area contributed by atoms with Crippen molar-refractivity contribution in [2.75, 3.05) is 0 Å². The van der Waals surface area contributed by atoms with Crippen LogP contribution < -0.4 is 15.7 Å². The molecule has 4 aromatic rings. The fourth-order valence-corrected chi connectivity index (χ4v) is 4.14. The molecule has 0 saturated heterocycles. The summed E-state index contributed by atoms with van der Waals surface area (Å²) in [5.41, 5.74) is 3.65. The molecule has 0 aliphatic rings. The van der Waals surface area contributed by atoms with E-state index < -0.39 is 23.7 Å². The number of esters is 1. The van der Waals surface area contributed by atoms with Crippen LogP contribution in [0.1, 0.15) is 41.2 Å². The first-order chi connectivity index (χ1) is 17.9. The lowest BCUT2D eigenvalue weighted by Crippen LogP contribution is -2.42. The molecule has 0 fully saturated rings. The van der Waals surface area contributed by atoms with E-state index in [1.807, 2.05) is 74.5 Å². The molecule has 1 aromatic heterocycles. The number of ether oxygens (including phenoxy) is 2. The van der Waals surface area contributed by atoms with Gasteiger partial charge < -0.3 is 19.2 Å².